The molecule has 5 nitrogen and oxygen atoms in total. The SMILES string of the molecule is CC(=O)c1sc(N2CCCCCC2)c(C(N)=O)c1N. The lowest BCUT2D eigenvalue weighted by Crippen LogP contribution is -2.26. The molecule has 2 rings (SSSR count). The maximum absolute atomic E-state index is 11.6. The molecule has 1 aromatic heterocycles. The quantitative estimate of drug-likeness (QED) is 0.829. The first-order chi connectivity index (χ1) is 9.02. The van der Waals surface area contributed by atoms with Gasteiger partial charge < -0.3 is 16.4 Å². The first kappa shape index (κ1) is 13.9. The molecule has 19 heavy (non-hydrogen) atoms. The van der Waals surface area contributed by atoms with Crippen molar-refractivity contribution >= 4 is 33.7 Å². The van der Waals surface area contributed by atoms with Crippen LogP contribution in [0.4, 0.5) is 10.7 Å². The molecular formula is C13H19N3O2S. The van der Waals surface area contributed by atoms with Crippen molar-refractivity contribution in [2.45, 2.75) is 32.6 Å². The van der Waals surface area contributed by atoms with Gasteiger partial charge in [0.25, 0.3) is 5.91 Å². The summed E-state index contributed by atoms with van der Waals surface area (Å²) in [5.41, 5.74) is 11.9. The van der Waals surface area contributed by atoms with Gasteiger partial charge in [-0.15, -0.1) is 11.3 Å². The molecule has 104 valence electrons. The maximum atomic E-state index is 11.6. The largest absolute Gasteiger partial charge is 0.397 e. The summed E-state index contributed by atoms with van der Waals surface area (Å²) < 4.78 is 0. The van der Waals surface area contributed by atoms with Gasteiger partial charge in [0.2, 0.25) is 0 Å². The molecule has 1 amide bonds. The molecule has 0 bridgehead atoms. The number of carbonyl (C=O) groups excluding carboxylic acids is 2. The van der Waals surface area contributed by atoms with Crippen LogP contribution in [0, 0.1) is 0 Å². The Morgan fingerprint density at radius 3 is 2.21 bits per heavy atom. The molecule has 0 unspecified atom stereocenters. The summed E-state index contributed by atoms with van der Waals surface area (Å²) in [6.07, 6.45) is 4.57. The standard InChI is InChI=1S/C13H19N3O2S/c1-8(17)11-10(14)9(12(15)18)13(19-11)16-6-4-2-3-5-7-16/h2-7,14H2,1H3,(H2,15,18). The lowest BCUT2D eigenvalue weighted by atomic mass is 10.2. The summed E-state index contributed by atoms with van der Waals surface area (Å²) in [5, 5.41) is 0.761. The third-order valence-electron chi connectivity index (χ3n) is 3.39. The van der Waals surface area contributed by atoms with Crippen LogP contribution in [0.5, 0.6) is 0 Å². The van der Waals surface area contributed by atoms with E-state index in [1.807, 2.05) is 0 Å². The average molecular weight is 281 g/mol. The highest BCUT2D eigenvalue weighted by atomic mass is 32.1. The summed E-state index contributed by atoms with van der Waals surface area (Å²) in [6, 6.07) is 0. The van der Waals surface area contributed by atoms with Gasteiger partial charge in [-0.2, -0.15) is 0 Å². The molecule has 0 saturated carbocycles. The number of amides is 1. The number of hydrogen-bond donors (Lipinski definition) is 2. The van der Waals surface area contributed by atoms with Crippen LogP contribution in [-0.2, 0) is 0 Å². The van der Waals surface area contributed by atoms with Crippen LogP contribution in [-0.4, -0.2) is 24.8 Å². The van der Waals surface area contributed by atoms with E-state index in [4.69, 9.17) is 11.5 Å². The fourth-order valence-corrected chi connectivity index (χ4v) is 3.60. The summed E-state index contributed by atoms with van der Waals surface area (Å²) in [7, 11) is 0. The van der Waals surface area contributed by atoms with Crippen molar-refractivity contribution in [3.05, 3.63) is 10.4 Å². The number of nitrogens with two attached hydrogens (primary N) is 2. The van der Waals surface area contributed by atoms with Crippen molar-refractivity contribution in [1.82, 2.24) is 0 Å². The fraction of sp³-hybridized carbons (Fsp3) is 0.538. The molecule has 1 aliphatic heterocycles. The first-order valence-corrected chi connectivity index (χ1v) is 7.32. The number of anilines is 2. The minimum Gasteiger partial charge on any atom is -0.397 e. The van der Waals surface area contributed by atoms with Crippen molar-refractivity contribution in [2.75, 3.05) is 23.7 Å². The second-order valence-electron chi connectivity index (χ2n) is 4.85. The summed E-state index contributed by atoms with van der Waals surface area (Å²) in [6.45, 7) is 3.23. The van der Waals surface area contributed by atoms with Gasteiger partial charge in [0.05, 0.1) is 16.1 Å². The van der Waals surface area contributed by atoms with Crippen molar-refractivity contribution in [1.29, 1.82) is 0 Å². The second-order valence-corrected chi connectivity index (χ2v) is 5.85. The van der Waals surface area contributed by atoms with Gasteiger partial charge >= 0.3 is 0 Å². The predicted molar refractivity (Wildman–Crippen MR) is 77.9 cm³/mol. The lowest BCUT2D eigenvalue weighted by molar-refractivity contribution is 0.100. The van der Waals surface area contributed by atoms with Gasteiger partial charge in [-0.1, -0.05) is 12.8 Å². The first-order valence-electron chi connectivity index (χ1n) is 6.50. The molecule has 0 atom stereocenters. The van der Waals surface area contributed by atoms with E-state index < -0.39 is 5.91 Å². The zero-order valence-corrected chi connectivity index (χ0v) is 11.9. The molecule has 1 saturated heterocycles. The van der Waals surface area contributed by atoms with E-state index in [-0.39, 0.29) is 11.5 Å². The van der Waals surface area contributed by atoms with Gasteiger partial charge in [0, 0.05) is 20.0 Å². The minimum absolute atomic E-state index is 0.119. The summed E-state index contributed by atoms with van der Waals surface area (Å²) in [4.78, 5) is 25.8. The van der Waals surface area contributed by atoms with Gasteiger partial charge in [0.1, 0.15) is 5.00 Å². The van der Waals surface area contributed by atoms with Crippen LogP contribution in [0.2, 0.25) is 0 Å². The molecule has 0 spiro atoms. The number of primary amides is 1. The van der Waals surface area contributed by atoms with E-state index in [0.717, 1.165) is 30.9 Å². The molecule has 1 fully saturated rings. The fourth-order valence-electron chi connectivity index (χ4n) is 2.43. The molecule has 6 heteroatoms. The molecule has 0 aliphatic carbocycles. The summed E-state index contributed by atoms with van der Waals surface area (Å²) in [5.74, 6) is -0.674. The van der Waals surface area contributed by atoms with E-state index in [1.165, 1.54) is 31.1 Å². The van der Waals surface area contributed by atoms with Gasteiger partial charge in [-0.05, 0) is 12.8 Å². The highest BCUT2D eigenvalue weighted by Gasteiger charge is 2.26. The normalized spacial score (nSPS) is 16.2. The van der Waals surface area contributed by atoms with Crippen molar-refractivity contribution in [3.63, 3.8) is 0 Å². The van der Waals surface area contributed by atoms with E-state index in [1.54, 1.807) is 0 Å². The van der Waals surface area contributed by atoms with Gasteiger partial charge in [-0.25, -0.2) is 0 Å². The number of hydrogen-bond acceptors (Lipinski definition) is 5. The monoisotopic (exact) mass is 281 g/mol. The van der Waals surface area contributed by atoms with Crippen molar-refractivity contribution in [2.24, 2.45) is 5.73 Å². The second kappa shape index (κ2) is 5.61. The summed E-state index contributed by atoms with van der Waals surface area (Å²) >= 11 is 1.29. The molecular weight excluding hydrogens is 262 g/mol. The highest BCUT2D eigenvalue weighted by Crippen LogP contribution is 2.39. The van der Waals surface area contributed by atoms with Crippen LogP contribution in [0.15, 0.2) is 0 Å². The minimum atomic E-state index is -0.555. The van der Waals surface area contributed by atoms with E-state index in [2.05, 4.69) is 4.90 Å². The number of nitrogen functional groups attached to an aromatic ring is 1. The van der Waals surface area contributed by atoms with Crippen LogP contribution < -0.4 is 16.4 Å². The number of carbonyl (C=O) groups is 2. The Bertz CT molecular complexity index is 502. The van der Waals surface area contributed by atoms with Crippen molar-refractivity contribution < 1.29 is 9.59 Å². The third kappa shape index (κ3) is 2.73. The molecule has 4 N–H and O–H groups in total. The van der Waals surface area contributed by atoms with E-state index in [9.17, 15) is 9.59 Å². The Morgan fingerprint density at radius 2 is 1.74 bits per heavy atom. The molecule has 2 heterocycles. The van der Waals surface area contributed by atoms with Gasteiger partial charge in [-0.3, -0.25) is 9.59 Å². The molecule has 1 aromatic rings. The van der Waals surface area contributed by atoms with E-state index >= 15 is 0 Å². The molecule has 0 radical (unpaired) electrons. The Kier molecular flexibility index (Phi) is 4.09. The zero-order valence-electron chi connectivity index (χ0n) is 11.1. The Morgan fingerprint density at radius 1 is 1.16 bits per heavy atom. The zero-order chi connectivity index (χ0) is 14.0. The number of Topliss-reactive ketones (excluding diaryl/α,β-unsaturated/α-hetero) is 1. The lowest BCUT2D eigenvalue weighted by Gasteiger charge is -2.21. The average Bonchev–Trinajstić information content (AvgIpc) is 2.53. The Balaban J connectivity index is 2.45. The topological polar surface area (TPSA) is 89.4 Å². The Hall–Kier alpha value is -1.56. The van der Waals surface area contributed by atoms with Crippen LogP contribution in [0.3, 0.4) is 0 Å². The number of nitrogens with zero attached hydrogens (tertiary/aromatic N) is 1. The van der Waals surface area contributed by atoms with Crippen LogP contribution in [0.25, 0.3) is 0 Å². The number of ketones is 1. The van der Waals surface area contributed by atoms with Crippen LogP contribution >= 0.6 is 11.3 Å². The smallest absolute Gasteiger partial charge is 0.253 e. The Labute approximate surface area is 116 Å². The molecule has 0 aromatic carbocycles. The maximum Gasteiger partial charge on any atom is 0.253 e. The third-order valence-corrected chi connectivity index (χ3v) is 4.75. The predicted octanol–water partition coefficient (Wildman–Crippen LogP) is 2.01. The number of rotatable bonds is 3. The van der Waals surface area contributed by atoms with Crippen LogP contribution in [0.1, 0.15) is 52.6 Å². The van der Waals surface area contributed by atoms with Gasteiger partial charge in [0.15, 0.2) is 5.78 Å². The number of thiophene rings is 1. The highest BCUT2D eigenvalue weighted by molar-refractivity contribution is 7.19. The van der Waals surface area contributed by atoms with E-state index in [0.29, 0.717) is 10.4 Å². The van der Waals surface area contributed by atoms with Crippen molar-refractivity contribution in [3.8, 4) is 0 Å². The molecule has 1 aliphatic rings.